The van der Waals surface area contributed by atoms with E-state index in [0.717, 1.165) is 59.4 Å². The topological polar surface area (TPSA) is 51.9 Å². The molecule has 0 spiro atoms. The van der Waals surface area contributed by atoms with Crippen LogP contribution in [0.1, 0.15) is 47.7 Å². The van der Waals surface area contributed by atoms with Gasteiger partial charge in [-0.05, 0) is 79.3 Å². The maximum Gasteiger partial charge on any atom is 0.171 e. The minimum atomic E-state index is 0.184. The summed E-state index contributed by atoms with van der Waals surface area (Å²) in [4.78, 5) is 12.4. The van der Waals surface area contributed by atoms with E-state index in [0.29, 0.717) is 6.61 Å². The molecule has 0 unspecified atom stereocenters. The van der Waals surface area contributed by atoms with Crippen molar-refractivity contribution in [3.05, 3.63) is 81.9 Å². The Morgan fingerprint density at radius 3 is 2.82 bits per heavy atom. The molecule has 0 saturated carbocycles. The van der Waals surface area contributed by atoms with Gasteiger partial charge in [-0.25, -0.2) is 4.98 Å². The van der Waals surface area contributed by atoms with Crippen LogP contribution in [0.15, 0.2) is 59.7 Å². The Morgan fingerprint density at radius 1 is 1.18 bits per heavy atom. The zero-order valence-corrected chi connectivity index (χ0v) is 20.5. The molecule has 3 aromatic rings. The largest absolute Gasteiger partial charge is 0.495 e. The third-order valence-electron chi connectivity index (χ3n) is 6.40. The lowest BCUT2D eigenvalue weighted by atomic mass is 9.94. The van der Waals surface area contributed by atoms with Gasteiger partial charge < -0.3 is 19.0 Å². The number of piperidine rings is 1. The number of aromatic nitrogens is 2. The summed E-state index contributed by atoms with van der Waals surface area (Å²) in [6.45, 7) is 5.58. The highest BCUT2D eigenvalue weighted by Crippen LogP contribution is 2.35. The molecule has 5 rings (SSSR count). The van der Waals surface area contributed by atoms with E-state index in [1.165, 1.54) is 16.7 Å². The smallest absolute Gasteiger partial charge is 0.171 e. The molecule has 1 atom stereocenters. The lowest BCUT2D eigenvalue weighted by molar-refractivity contribution is 0.140. The number of imidazole rings is 1. The van der Waals surface area contributed by atoms with Gasteiger partial charge in [0.15, 0.2) is 5.84 Å². The Bertz CT molecular complexity index is 1240. The van der Waals surface area contributed by atoms with E-state index in [2.05, 4.69) is 58.4 Å². The van der Waals surface area contributed by atoms with Crippen LogP contribution in [0.4, 0.5) is 0 Å². The minimum Gasteiger partial charge on any atom is -0.495 e. The van der Waals surface area contributed by atoms with Gasteiger partial charge in [-0.15, -0.1) is 0 Å². The van der Waals surface area contributed by atoms with Gasteiger partial charge in [0.1, 0.15) is 12.4 Å². The molecule has 2 aliphatic heterocycles. The second-order valence-electron chi connectivity index (χ2n) is 8.93. The predicted octanol–water partition coefficient (Wildman–Crippen LogP) is 6.11. The molecule has 7 heteroatoms. The third kappa shape index (κ3) is 4.55. The SMILES string of the molecule is COc1cc(/C=C2\CCCN3C2=NOCC[C@H]3c2cc(C)cc(Cl)c2)ccc1-n1cnc(C)c1. The van der Waals surface area contributed by atoms with Crippen LogP contribution in [0.2, 0.25) is 5.02 Å². The molecule has 34 heavy (non-hydrogen) atoms. The Hall–Kier alpha value is -3.25. The number of hydrogen-bond donors (Lipinski definition) is 0. The molecule has 2 aromatic carbocycles. The summed E-state index contributed by atoms with van der Waals surface area (Å²) in [5, 5.41) is 5.32. The van der Waals surface area contributed by atoms with Crippen molar-refractivity contribution in [2.45, 2.75) is 39.2 Å². The van der Waals surface area contributed by atoms with E-state index in [9.17, 15) is 0 Å². The minimum absolute atomic E-state index is 0.184. The quantitative estimate of drug-likeness (QED) is 0.456. The number of methoxy groups -OCH3 is 1. The molecule has 0 radical (unpaired) electrons. The molecule has 0 N–H and O–H groups in total. The number of rotatable bonds is 4. The van der Waals surface area contributed by atoms with Gasteiger partial charge in [0.2, 0.25) is 0 Å². The highest BCUT2D eigenvalue weighted by Gasteiger charge is 2.31. The number of oxime groups is 1. The highest BCUT2D eigenvalue weighted by molar-refractivity contribution is 6.30. The fourth-order valence-corrected chi connectivity index (χ4v) is 5.17. The van der Waals surface area contributed by atoms with Crippen LogP contribution in [0.5, 0.6) is 5.75 Å². The number of fused-ring (bicyclic) bond motifs is 1. The fourth-order valence-electron chi connectivity index (χ4n) is 4.88. The Labute approximate surface area is 205 Å². The van der Waals surface area contributed by atoms with Crippen molar-refractivity contribution in [3.63, 3.8) is 0 Å². The molecule has 3 heterocycles. The maximum absolute atomic E-state index is 6.40. The number of benzene rings is 2. The van der Waals surface area contributed by atoms with E-state index in [-0.39, 0.29) is 6.04 Å². The van der Waals surface area contributed by atoms with Crippen LogP contribution in [-0.4, -0.2) is 40.5 Å². The van der Waals surface area contributed by atoms with Crippen molar-refractivity contribution in [1.29, 1.82) is 0 Å². The summed E-state index contributed by atoms with van der Waals surface area (Å²) in [5.74, 6) is 1.71. The van der Waals surface area contributed by atoms with E-state index in [1.807, 2.05) is 23.8 Å². The number of nitrogens with zero attached hydrogens (tertiary/aromatic N) is 4. The summed E-state index contributed by atoms with van der Waals surface area (Å²) in [7, 11) is 1.70. The van der Waals surface area contributed by atoms with Gasteiger partial charge in [-0.1, -0.05) is 28.9 Å². The van der Waals surface area contributed by atoms with Crippen molar-refractivity contribution in [2.24, 2.45) is 5.16 Å². The predicted molar refractivity (Wildman–Crippen MR) is 136 cm³/mol. The molecule has 1 saturated heterocycles. The molecule has 1 fully saturated rings. The van der Waals surface area contributed by atoms with Crippen molar-refractivity contribution >= 4 is 23.5 Å². The van der Waals surface area contributed by atoms with Gasteiger partial charge >= 0.3 is 0 Å². The zero-order chi connectivity index (χ0) is 23.7. The first kappa shape index (κ1) is 22.5. The summed E-state index contributed by atoms with van der Waals surface area (Å²) in [6.07, 6.45) is 8.87. The third-order valence-corrected chi connectivity index (χ3v) is 6.62. The van der Waals surface area contributed by atoms with Crippen LogP contribution < -0.4 is 4.74 Å². The second kappa shape index (κ2) is 9.55. The molecule has 0 amide bonds. The van der Waals surface area contributed by atoms with E-state index >= 15 is 0 Å². The van der Waals surface area contributed by atoms with E-state index in [1.54, 1.807) is 13.4 Å². The average Bonchev–Trinajstić information content (AvgIpc) is 3.12. The van der Waals surface area contributed by atoms with Crippen molar-refractivity contribution < 1.29 is 9.57 Å². The molecule has 2 aliphatic rings. The van der Waals surface area contributed by atoms with Crippen molar-refractivity contribution in [3.8, 4) is 11.4 Å². The molecule has 0 bridgehead atoms. The zero-order valence-electron chi connectivity index (χ0n) is 19.8. The number of aryl methyl sites for hydroxylation is 2. The van der Waals surface area contributed by atoms with Crippen LogP contribution >= 0.6 is 11.6 Å². The molecular formula is C27H29ClN4O2. The lowest BCUT2D eigenvalue weighted by Gasteiger charge is -2.36. The summed E-state index contributed by atoms with van der Waals surface area (Å²) in [5.41, 5.74) is 6.54. The first-order chi connectivity index (χ1) is 16.5. The molecular weight excluding hydrogens is 448 g/mol. The van der Waals surface area contributed by atoms with Gasteiger partial charge in [0.25, 0.3) is 0 Å². The number of ether oxygens (including phenoxy) is 1. The average molecular weight is 477 g/mol. The molecule has 1 aromatic heterocycles. The number of amidine groups is 1. The first-order valence-electron chi connectivity index (χ1n) is 11.7. The van der Waals surface area contributed by atoms with Crippen LogP contribution in [-0.2, 0) is 4.84 Å². The van der Waals surface area contributed by atoms with Gasteiger partial charge in [-0.2, -0.15) is 0 Å². The van der Waals surface area contributed by atoms with E-state index < -0.39 is 0 Å². The molecule has 0 aliphatic carbocycles. The second-order valence-corrected chi connectivity index (χ2v) is 9.37. The number of hydrogen-bond acceptors (Lipinski definition) is 5. The Kier molecular flexibility index (Phi) is 6.33. The molecule has 6 nitrogen and oxygen atoms in total. The monoisotopic (exact) mass is 476 g/mol. The summed E-state index contributed by atoms with van der Waals surface area (Å²) in [6, 6.07) is 12.7. The fraction of sp³-hybridized carbons (Fsp3) is 0.333. The normalized spacial score (nSPS) is 19.3. The molecule has 176 valence electrons. The van der Waals surface area contributed by atoms with Crippen molar-refractivity contribution in [2.75, 3.05) is 20.3 Å². The van der Waals surface area contributed by atoms with Crippen LogP contribution in [0.3, 0.4) is 0 Å². The Balaban J connectivity index is 1.48. The standard InChI is InChI=1S/C27H29ClN4O2/c1-18-11-22(15-23(28)12-18)24-8-10-34-30-27-21(5-4-9-32(24)27)13-20-6-7-25(26(14-20)33-3)31-16-19(2)29-17-31/h6-7,11-17,24H,4-5,8-10H2,1-3H3/b21-13+/t24-/m0/s1. The van der Waals surface area contributed by atoms with Gasteiger partial charge in [0.05, 0.1) is 30.9 Å². The van der Waals surface area contributed by atoms with Gasteiger partial charge in [-0.3, -0.25) is 0 Å². The first-order valence-corrected chi connectivity index (χ1v) is 12.0. The maximum atomic E-state index is 6.40. The van der Waals surface area contributed by atoms with Crippen LogP contribution in [0, 0.1) is 13.8 Å². The lowest BCUT2D eigenvalue weighted by Crippen LogP contribution is -2.39. The number of halogens is 1. The summed E-state index contributed by atoms with van der Waals surface area (Å²) >= 11 is 6.40. The van der Waals surface area contributed by atoms with Gasteiger partial charge in [0, 0.05) is 24.2 Å². The van der Waals surface area contributed by atoms with Crippen molar-refractivity contribution in [1.82, 2.24) is 14.5 Å². The highest BCUT2D eigenvalue weighted by atomic mass is 35.5. The van der Waals surface area contributed by atoms with Crippen LogP contribution in [0.25, 0.3) is 11.8 Å². The van der Waals surface area contributed by atoms with E-state index in [4.69, 9.17) is 21.2 Å². The Morgan fingerprint density at radius 2 is 2.06 bits per heavy atom. The summed E-state index contributed by atoms with van der Waals surface area (Å²) < 4.78 is 7.69.